The van der Waals surface area contributed by atoms with Crippen molar-refractivity contribution < 1.29 is 18.1 Å². The van der Waals surface area contributed by atoms with Gasteiger partial charge in [0, 0.05) is 18.3 Å². The highest BCUT2D eigenvalue weighted by Gasteiger charge is 2.51. The van der Waals surface area contributed by atoms with E-state index in [0.717, 1.165) is 42.7 Å². The predicted molar refractivity (Wildman–Crippen MR) is 215 cm³/mol. The van der Waals surface area contributed by atoms with Crippen molar-refractivity contribution in [3.63, 3.8) is 0 Å². The number of hydrogen-bond donors (Lipinski definition) is 0. The fourth-order valence-corrected chi connectivity index (χ4v) is 18.3. The van der Waals surface area contributed by atoms with E-state index in [9.17, 15) is 4.79 Å². The molecule has 2 aromatic rings. The standard InChI is InChI=1S/C41H70O4Si3/c1-14-37(34(8)38(42)31-32-41(12,13)45-47(18-5,19-6)20-7)39(44-46(15-2,16-3)17-4)33-43-48(40(9,10)11,35-27-23-21-24-28-35)36-29-25-22-26-30-36/h14,21-30,34,37,39H,1,15-20,31-33H2,2-13H3/t34?,37-,39-/m0/s1. The van der Waals surface area contributed by atoms with E-state index in [4.69, 9.17) is 13.3 Å². The van der Waals surface area contributed by atoms with Gasteiger partial charge < -0.3 is 13.3 Å². The SMILES string of the molecule is C=C[C@@H](C(C)C(=O)CCC(C)(C)O[Si](CC)(CC)CC)[C@H](CO[Si](c1ccccc1)(c1ccccc1)C(C)(C)C)O[Si](CC)(CC)CC. The first-order chi connectivity index (χ1) is 22.6. The molecule has 0 amide bonds. The summed E-state index contributed by atoms with van der Waals surface area (Å²) in [4.78, 5) is 14.1. The van der Waals surface area contributed by atoms with Crippen molar-refractivity contribution in [1.82, 2.24) is 0 Å². The molecule has 48 heavy (non-hydrogen) atoms. The number of hydrogen-bond acceptors (Lipinski definition) is 4. The van der Waals surface area contributed by atoms with Gasteiger partial charge in [-0.2, -0.15) is 0 Å². The maximum absolute atomic E-state index is 14.1. The molecular formula is C41H70O4Si3. The fraction of sp³-hybridized carbons (Fsp3) is 0.634. The Morgan fingerprint density at radius 3 is 1.56 bits per heavy atom. The Hall–Kier alpha value is -1.62. The summed E-state index contributed by atoms with van der Waals surface area (Å²) in [6.45, 7) is 31.7. The Morgan fingerprint density at radius 2 is 1.19 bits per heavy atom. The molecule has 0 aliphatic heterocycles. The molecule has 3 atom stereocenters. The molecule has 0 aliphatic carbocycles. The van der Waals surface area contributed by atoms with Crippen LogP contribution in [0.15, 0.2) is 73.3 Å². The molecule has 270 valence electrons. The Labute approximate surface area is 298 Å². The summed E-state index contributed by atoms with van der Waals surface area (Å²) >= 11 is 0. The summed E-state index contributed by atoms with van der Waals surface area (Å²) in [7, 11) is -6.67. The van der Waals surface area contributed by atoms with Crippen molar-refractivity contribution in [3.8, 4) is 0 Å². The van der Waals surface area contributed by atoms with E-state index in [1.54, 1.807) is 0 Å². The van der Waals surface area contributed by atoms with Crippen molar-refractivity contribution in [3.05, 3.63) is 73.3 Å². The van der Waals surface area contributed by atoms with Crippen molar-refractivity contribution in [2.45, 2.75) is 149 Å². The van der Waals surface area contributed by atoms with E-state index in [-0.39, 0.29) is 34.4 Å². The van der Waals surface area contributed by atoms with Crippen LogP contribution >= 0.6 is 0 Å². The van der Waals surface area contributed by atoms with Gasteiger partial charge in [-0.25, -0.2) is 0 Å². The van der Waals surface area contributed by atoms with E-state index in [1.807, 2.05) is 6.08 Å². The first-order valence-electron chi connectivity index (χ1n) is 18.9. The zero-order valence-electron chi connectivity index (χ0n) is 32.8. The maximum Gasteiger partial charge on any atom is 0.261 e. The largest absolute Gasteiger partial charge is 0.412 e. The molecule has 0 spiro atoms. The quantitative estimate of drug-likeness (QED) is 0.0901. The second kappa shape index (κ2) is 18.6. The molecule has 0 fully saturated rings. The number of carbonyl (C=O) groups excluding carboxylic acids is 1. The normalized spacial score (nSPS) is 15.2. The van der Waals surface area contributed by atoms with Crippen LogP contribution in [0, 0.1) is 11.8 Å². The average Bonchev–Trinajstić information content (AvgIpc) is 3.09. The van der Waals surface area contributed by atoms with Gasteiger partial charge in [0.2, 0.25) is 0 Å². The minimum Gasteiger partial charge on any atom is -0.412 e. The molecule has 0 heterocycles. The van der Waals surface area contributed by atoms with Gasteiger partial charge in [0.05, 0.1) is 18.3 Å². The van der Waals surface area contributed by atoms with Gasteiger partial charge in [-0.1, -0.05) is 136 Å². The lowest BCUT2D eigenvalue weighted by atomic mass is 9.83. The molecule has 0 N–H and O–H groups in total. The van der Waals surface area contributed by atoms with Crippen LogP contribution in [0.5, 0.6) is 0 Å². The summed E-state index contributed by atoms with van der Waals surface area (Å²) in [5, 5.41) is 2.35. The summed E-state index contributed by atoms with van der Waals surface area (Å²) < 4.78 is 21.7. The van der Waals surface area contributed by atoms with Crippen molar-refractivity contribution in [2.24, 2.45) is 11.8 Å². The molecule has 0 aliphatic rings. The minimum absolute atomic E-state index is 0.153. The second-order valence-corrected chi connectivity index (χ2v) is 29.3. The Kier molecular flexibility index (Phi) is 16.5. The summed E-state index contributed by atoms with van der Waals surface area (Å²) in [5.41, 5.74) is -0.329. The smallest absolute Gasteiger partial charge is 0.261 e. The van der Waals surface area contributed by atoms with Crippen LogP contribution in [0.3, 0.4) is 0 Å². The van der Waals surface area contributed by atoms with Crippen LogP contribution in [0.2, 0.25) is 41.3 Å². The third-order valence-corrected chi connectivity index (χ3v) is 25.9. The van der Waals surface area contributed by atoms with E-state index in [2.05, 4.69) is 150 Å². The average molecular weight is 711 g/mol. The second-order valence-electron chi connectivity index (χ2n) is 15.5. The van der Waals surface area contributed by atoms with Gasteiger partial charge >= 0.3 is 0 Å². The van der Waals surface area contributed by atoms with Crippen LogP contribution in [-0.2, 0) is 18.1 Å². The Balaban J connectivity index is 2.52. The van der Waals surface area contributed by atoms with E-state index < -0.39 is 25.0 Å². The summed E-state index contributed by atoms with van der Waals surface area (Å²) in [6, 6.07) is 28.0. The molecule has 0 radical (unpaired) electrons. The summed E-state index contributed by atoms with van der Waals surface area (Å²) in [6.07, 6.45) is 2.92. The third kappa shape index (κ3) is 10.2. The third-order valence-electron chi connectivity index (χ3n) is 11.4. The molecule has 1 unspecified atom stereocenters. The predicted octanol–water partition coefficient (Wildman–Crippen LogP) is 10.5. The van der Waals surface area contributed by atoms with E-state index in [1.165, 1.54) is 10.4 Å². The first-order valence-corrected chi connectivity index (χ1v) is 25.8. The van der Waals surface area contributed by atoms with Gasteiger partial charge in [-0.15, -0.1) is 6.58 Å². The number of rotatable bonds is 22. The maximum atomic E-state index is 14.1. The molecule has 4 nitrogen and oxygen atoms in total. The van der Waals surface area contributed by atoms with Crippen molar-refractivity contribution in [2.75, 3.05) is 6.61 Å². The monoisotopic (exact) mass is 710 g/mol. The van der Waals surface area contributed by atoms with Crippen molar-refractivity contribution >= 4 is 41.1 Å². The molecule has 0 bridgehead atoms. The van der Waals surface area contributed by atoms with Crippen LogP contribution in [0.25, 0.3) is 0 Å². The summed E-state index contributed by atoms with van der Waals surface area (Å²) in [5.74, 6) is -0.148. The molecule has 0 saturated heterocycles. The lowest BCUT2D eigenvalue weighted by Crippen LogP contribution is -2.67. The fourth-order valence-electron chi connectivity index (χ4n) is 7.66. The topological polar surface area (TPSA) is 44.8 Å². The van der Waals surface area contributed by atoms with Gasteiger partial charge in [0.1, 0.15) is 5.78 Å². The lowest BCUT2D eigenvalue weighted by Gasteiger charge is -2.45. The van der Waals surface area contributed by atoms with Crippen LogP contribution in [-0.4, -0.2) is 49.0 Å². The van der Waals surface area contributed by atoms with Gasteiger partial charge in [0.25, 0.3) is 8.32 Å². The molecule has 0 saturated carbocycles. The molecule has 0 aromatic heterocycles. The van der Waals surface area contributed by atoms with E-state index in [0.29, 0.717) is 13.0 Å². The van der Waals surface area contributed by atoms with Gasteiger partial charge in [0.15, 0.2) is 16.6 Å². The van der Waals surface area contributed by atoms with Crippen LogP contribution in [0.1, 0.15) is 95.9 Å². The highest BCUT2D eigenvalue weighted by Crippen LogP contribution is 2.39. The molecule has 7 heteroatoms. The molecular weight excluding hydrogens is 641 g/mol. The Bertz CT molecular complexity index is 1180. The van der Waals surface area contributed by atoms with Gasteiger partial charge in [-0.05, 0) is 71.9 Å². The number of Topliss-reactive ketones (excluding diaryl/α,β-unsaturated/α-hetero) is 1. The first kappa shape index (κ1) is 42.5. The zero-order valence-corrected chi connectivity index (χ0v) is 35.8. The lowest BCUT2D eigenvalue weighted by molar-refractivity contribution is -0.125. The van der Waals surface area contributed by atoms with Crippen LogP contribution < -0.4 is 10.4 Å². The highest BCUT2D eigenvalue weighted by molar-refractivity contribution is 6.99. The van der Waals surface area contributed by atoms with E-state index >= 15 is 0 Å². The molecule has 2 rings (SSSR count). The zero-order chi connectivity index (χ0) is 36.2. The number of benzene rings is 2. The number of ketones is 1. The van der Waals surface area contributed by atoms with Crippen LogP contribution in [0.4, 0.5) is 0 Å². The Morgan fingerprint density at radius 1 is 0.750 bits per heavy atom. The number of carbonyl (C=O) groups is 1. The minimum atomic E-state index is -2.81. The highest BCUT2D eigenvalue weighted by atomic mass is 28.4. The van der Waals surface area contributed by atoms with Gasteiger partial charge in [-0.3, -0.25) is 4.79 Å². The van der Waals surface area contributed by atoms with Crippen molar-refractivity contribution in [1.29, 1.82) is 0 Å². The molecule has 2 aromatic carbocycles.